The van der Waals surface area contributed by atoms with Crippen LogP contribution >= 0.6 is 0 Å². The topological polar surface area (TPSA) is 47.6 Å². The number of carbonyl (C=O) groups excluding carboxylic acids is 1. The van der Waals surface area contributed by atoms with Crippen LogP contribution in [0.4, 0.5) is 10.5 Å². The van der Waals surface area contributed by atoms with E-state index in [4.69, 9.17) is 9.47 Å². The van der Waals surface area contributed by atoms with E-state index in [2.05, 4.69) is 5.32 Å². The van der Waals surface area contributed by atoms with Crippen molar-refractivity contribution in [2.45, 2.75) is 50.4 Å². The first-order valence-electron chi connectivity index (χ1n) is 6.99. The molecule has 0 radical (unpaired) electrons. The summed E-state index contributed by atoms with van der Waals surface area (Å²) >= 11 is 0. The van der Waals surface area contributed by atoms with Crippen LogP contribution in [0.2, 0.25) is 0 Å². The zero-order valence-corrected chi connectivity index (χ0v) is 10.9. The fourth-order valence-electron chi connectivity index (χ4n) is 2.89. The minimum atomic E-state index is -0.384. The lowest BCUT2D eigenvalue weighted by atomic mass is 9.99. The Morgan fingerprint density at radius 2 is 2.00 bits per heavy atom. The molecule has 2 aliphatic heterocycles. The molecule has 1 amide bonds. The molecule has 3 rings (SSSR count). The SMILES string of the molecule is O=C(Nc1ccccc1)O[C@H]1CCC[C@@H]2CC[C@H]1O2. The molecular formula is C15H19NO3. The monoisotopic (exact) mass is 261 g/mol. The number of anilines is 1. The Morgan fingerprint density at radius 3 is 2.84 bits per heavy atom. The highest BCUT2D eigenvalue weighted by Crippen LogP contribution is 2.32. The molecule has 0 unspecified atom stereocenters. The molecule has 0 spiro atoms. The van der Waals surface area contributed by atoms with E-state index in [1.807, 2.05) is 30.3 Å². The molecule has 0 saturated carbocycles. The van der Waals surface area contributed by atoms with Crippen molar-refractivity contribution >= 4 is 11.8 Å². The Kier molecular flexibility index (Phi) is 3.69. The molecule has 4 nitrogen and oxygen atoms in total. The van der Waals surface area contributed by atoms with Gasteiger partial charge in [0.15, 0.2) is 0 Å². The summed E-state index contributed by atoms with van der Waals surface area (Å²) in [5.41, 5.74) is 0.756. The number of rotatable bonds is 2. The van der Waals surface area contributed by atoms with Crippen molar-refractivity contribution < 1.29 is 14.3 Å². The Labute approximate surface area is 113 Å². The van der Waals surface area contributed by atoms with Crippen LogP contribution in [0.1, 0.15) is 32.1 Å². The van der Waals surface area contributed by atoms with E-state index in [1.165, 1.54) is 0 Å². The van der Waals surface area contributed by atoms with Gasteiger partial charge in [0.1, 0.15) is 6.10 Å². The van der Waals surface area contributed by atoms with Gasteiger partial charge >= 0.3 is 6.09 Å². The minimum absolute atomic E-state index is 0.0917. The third-order valence-corrected chi connectivity index (χ3v) is 3.85. The summed E-state index contributed by atoms with van der Waals surface area (Å²) in [4.78, 5) is 11.9. The van der Waals surface area contributed by atoms with Gasteiger partial charge in [0.2, 0.25) is 0 Å². The van der Waals surface area contributed by atoms with E-state index in [-0.39, 0.29) is 18.3 Å². The minimum Gasteiger partial charge on any atom is -0.443 e. The van der Waals surface area contributed by atoms with Crippen molar-refractivity contribution in [3.8, 4) is 0 Å². The number of para-hydroxylation sites is 1. The molecule has 0 aliphatic carbocycles. The van der Waals surface area contributed by atoms with Crippen molar-refractivity contribution in [2.75, 3.05) is 5.32 Å². The number of fused-ring (bicyclic) bond motifs is 2. The molecule has 0 aromatic heterocycles. The summed E-state index contributed by atoms with van der Waals surface area (Å²) in [7, 11) is 0. The predicted molar refractivity (Wildman–Crippen MR) is 72.1 cm³/mol. The second-order valence-electron chi connectivity index (χ2n) is 5.24. The first-order chi connectivity index (χ1) is 9.31. The zero-order chi connectivity index (χ0) is 13.1. The molecule has 2 fully saturated rings. The molecule has 1 aromatic carbocycles. The van der Waals surface area contributed by atoms with Gasteiger partial charge in [0, 0.05) is 5.69 Å². The van der Waals surface area contributed by atoms with Crippen LogP contribution in [0.3, 0.4) is 0 Å². The standard InChI is InChI=1S/C15H19NO3/c17-15(16-11-5-2-1-3-6-11)19-13-8-4-7-12-9-10-14(13)18-12/h1-3,5-6,12-14H,4,7-10H2,(H,16,17)/t12-,13+,14-/m1/s1. The molecule has 102 valence electrons. The van der Waals surface area contributed by atoms with Crippen LogP contribution in [0, 0.1) is 0 Å². The van der Waals surface area contributed by atoms with E-state index in [1.54, 1.807) is 0 Å². The maximum Gasteiger partial charge on any atom is 0.411 e. The molecule has 3 atom stereocenters. The van der Waals surface area contributed by atoms with Crippen molar-refractivity contribution in [1.82, 2.24) is 0 Å². The maximum atomic E-state index is 11.9. The van der Waals surface area contributed by atoms with Crippen LogP contribution in [0.15, 0.2) is 30.3 Å². The molecule has 19 heavy (non-hydrogen) atoms. The fraction of sp³-hybridized carbons (Fsp3) is 0.533. The van der Waals surface area contributed by atoms with E-state index < -0.39 is 0 Å². The molecule has 2 saturated heterocycles. The predicted octanol–water partition coefficient (Wildman–Crippen LogP) is 3.34. The lowest BCUT2D eigenvalue weighted by molar-refractivity contribution is -0.0255. The van der Waals surface area contributed by atoms with Gasteiger partial charge in [-0.05, 0) is 44.2 Å². The number of ether oxygens (including phenoxy) is 2. The summed E-state index contributed by atoms with van der Waals surface area (Å²) in [6.45, 7) is 0. The van der Waals surface area contributed by atoms with Crippen molar-refractivity contribution in [3.05, 3.63) is 30.3 Å². The van der Waals surface area contributed by atoms with Gasteiger partial charge in [-0.15, -0.1) is 0 Å². The number of carbonyl (C=O) groups is 1. The summed E-state index contributed by atoms with van der Waals surface area (Å²) in [5, 5.41) is 2.75. The largest absolute Gasteiger partial charge is 0.443 e. The van der Waals surface area contributed by atoms with Gasteiger partial charge in [0.25, 0.3) is 0 Å². The van der Waals surface area contributed by atoms with E-state index in [9.17, 15) is 4.79 Å². The normalized spacial score (nSPS) is 29.6. The van der Waals surface area contributed by atoms with Crippen LogP contribution in [0.5, 0.6) is 0 Å². The van der Waals surface area contributed by atoms with Gasteiger partial charge in [-0.1, -0.05) is 18.2 Å². The fourth-order valence-corrected chi connectivity index (χ4v) is 2.89. The quantitative estimate of drug-likeness (QED) is 0.888. The van der Waals surface area contributed by atoms with Crippen molar-refractivity contribution in [3.63, 3.8) is 0 Å². The Morgan fingerprint density at radius 1 is 1.16 bits per heavy atom. The van der Waals surface area contributed by atoms with E-state index in [0.717, 1.165) is 37.8 Å². The summed E-state index contributed by atoms with van der Waals surface area (Å²) in [6, 6.07) is 9.36. The van der Waals surface area contributed by atoms with E-state index >= 15 is 0 Å². The Hall–Kier alpha value is -1.55. The third-order valence-electron chi connectivity index (χ3n) is 3.85. The molecule has 2 heterocycles. The lowest BCUT2D eigenvalue weighted by Gasteiger charge is -2.21. The Bertz CT molecular complexity index is 434. The first kappa shape index (κ1) is 12.5. The number of benzene rings is 1. The smallest absolute Gasteiger partial charge is 0.411 e. The third kappa shape index (κ3) is 3.07. The van der Waals surface area contributed by atoms with E-state index in [0.29, 0.717) is 6.10 Å². The molecule has 1 N–H and O–H groups in total. The van der Waals surface area contributed by atoms with Gasteiger partial charge in [-0.25, -0.2) is 4.79 Å². The second-order valence-corrected chi connectivity index (χ2v) is 5.24. The summed E-state index contributed by atoms with van der Waals surface area (Å²) in [5.74, 6) is 0. The summed E-state index contributed by atoms with van der Waals surface area (Å²) in [6.07, 6.45) is 5.18. The van der Waals surface area contributed by atoms with Gasteiger partial charge < -0.3 is 9.47 Å². The van der Waals surface area contributed by atoms with Crippen LogP contribution in [-0.4, -0.2) is 24.4 Å². The average molecular weight is 261 g/mol. The van der Waals surface area contributed by atoms with Crippen LogP contribution in [0.25, 0.3) is 0 Å². The molecule has 2 bridgehead atoms. The van der Waals surface area contributed by atoms with Gasteiger partial charge in [0.05, 0.1) is 12.2 Å². The maximum absolute atomic E-state index is 11.9. The first-order valence-corrected chi connectivity index (χ1v) is 6.99. The Balaban J connectivity index is 1.56. The highest BCUT2D eigenvalue weighted by molar-refractivity contribution is 5.84. The van der Waals surface area contributed by atoms with Crippen LogP contribution < -0.4 is 5.32 Å². The number of hydrogen-bond donors (Lipinski definition) is 1. The molecule has 1 aromatic rings. The molecular weight excluding hydrogens is 242 g/mol. The van der Waals surface area contributed by atoms with Crippen molar-refractivity contribution in [1.29, 1.82) is 0 Å². The van der Waals surface area contributed by atoms with Crippen molar-refractivity contribution in [2.24, 2.45) is 0 Å². The average Bonchev–Trinajstić information content (AvgIpc) is 2.78. The van der Waals surface area contributed by atoms with Gasteiger partial charge in [-0.3, -0.25) is 5.32 Å². The highest BCUT2D eigenvalue weighted by Gasteiger charge is 2.36. The number of hydrogen-bond acceptors (Lipinski definition) is 3. The zero-order valence-electron chi connectivity index (χ0n) is 10.9. The number of amides is 1. The lowest BCUT2D eigenvalue weighted by Crippen LogP contribution is -2.32. The summed E-state index contributed by atoms with van der Waals surface area (Å²) < 4.78 is 11.4. The van der Waals surface area contributed by atoms with Gasteiger partial charge in [-0.2, -0.15) is 0 Å². The number of nitrogens with one attached hydrogen (secondary N) is 1. The van der Waals surface area contributed by atoms with Crippen LogP contribution in [-0.2, 0) is 9.47 Å². The highest BCUT2D eigenvalue weighted by atomic mass is 16.6. The molecule has 4 heteroatoms. The molecule has 2 aliphatic rings. The second kappa shape index (κ2) is 5.61.